The van der Waals surface area contributed by atoms with E-state index >= 15 is 0 Å². The van der Waals surface area contributed by atoms with Gasteiger partial charge in [-0.2, -0.15) is 13.2 Å². The number of alkyl halides is 3. The number of ether oxygens (including phenoxy) is 1. The van der Waals surface area contributed by atoms with E-state index in [1.54, 1.807) is 29.7 Å². The van der Waals surface area contributed by atoms with Crippen molar-refractivity contribution in [2.45, 2.75) is 19.5 Å². The van der Waals surface area contributed by atoms with Crippen LogP contribution in [0.3, 0.4) is 0 Å². The number of anilines is 1. The number of methoxy groups -OCH3 is 1. The molecule has 0 saturated carbocycles. The van der Waals surface area contributed by atoms with Crippen molar-refractivity contribution in [2.75, 3.05) is 19.0 Å². The quantitative estimate of drug-likeness (QED) is 0.250. The average Bonchev–Trinajstić information content (AvgIpc) is 3.26. The van der Waals surface area contributed by atoms with Gasteiger partial charge in [0.2, 0.25) is 5.91 Å². The molecule has 3 aromatic carbocycles. The molecule has 4 aromatic rings. The summed E-state index contributed by atoms with van der Waals surface area (Å²) in [7, 11) is 1.30. The van der Waals surface area contributed by atoms with Crippen LogP contribution < -0.4 is 15.8 Å². The first kappa shape index (κ1) is 25.7. The van der Waals surface area contributed by atoms with Gasteiger partial charge >= 0.3 is 6.18 Å². The number of nitrogens with one attached hydrogen (secondary N) is 1. The van der Waals surface area contributed by atoms with Crippen LogP contribution in [0.2, 0.25) is 0 Å². The van der Waals surface area contributed by atoms with Crippen molar-refractivity contribution < 1.29 is 31.9 Å². The van der Waals surface area contributed by atoms with E-state index in [0.29, 0.717) is 27.8 Å². The molecular formula is C26H22F4N4O3. The Kier molecular flexibility index (Phi) is 6.88. The summed E-state index contributed by atoms with van der Waals surface area (Å²) < 4.78 is 59.1. The minimum atomic E-state index is -4.38. The Morgan fingerprint density at radius 1 is 1.08 bits per heavy atom. The highest BCUT2D eigenvalue weighted by Crippen LogP contribution is 2.30. The maximum atomic E-state index is 14.3. The van der Waals surface area contributed by atoms with Crippen LogP contribution in [0.1, 0.15) is 38.3 Å². The number of fused-ring (bicyclic) bond motifs is 1. The Morgan fingerprint density at radius 2 is 1.84 bits per heavy atom. The molecule has 11 heteroatoms. The number of rotatable bonds is 8. The van der Waals surface area contributed by atoms with Crippen molar-refractivity contribution >= 4 is 28.4 Å². The zero-order valence-corrected chi connectivity index (χ0v) is 19.8. The molecule has 0 saturated heterocycles. The second-order valence-corrected chi connectivity index (χ2v) is 8.34. The Hall–Kier alpha value is -4.41. The molecule has 1 aromatic heterocycles. The summed E-state index contributed by atoms with van der Waals surface area (Å²) >= 11 is 0. The van der Waals surface area contributed by atoms with Gasteiger partial charge < -0.3 is 15.8 Å². The predicted molar refractivity (Wildman–Crippen MR) is 130 cm³/mol. The molecule has 0 radical (unpaired) electrons. The lowest BCUT2D eigenvalue weighted by Crippen LogP contribution is -2.15. The second-order valence-electron chi connectivity index (χ2n) is 8.34. The first-order valence-electron chi connectivity index (χ1n) is 11.1. The third-order valence-electron chi connectivity index (χ3n) is 5.81. The van der Waals surface area contributed by atoms with Gasteiger partial charge in [0.05, 0.1) is 24.7 Å². The number of imidazole rings is 1. The highest BCUT2D eigenvalue weighted by atomic mass is 19.4. The Labute approximate surface area is 208 Å². The number of carbonyl (C=O) groups is 2. The highest BCUT2D eigenvalue weighted by Gasteiger charge is 2.26. The first-order chi connectivity index (χ1) is 17.5. The summed E-state index contributed by atoms with van der Waals surface area (Å²) in [6.07, 6.45) is -4.01. The van der Waals surface area contributed by atoms with E-state index in [1.807, 2.05) is 0 Å². The highest BCUT2D eigenvalue weighted by molar-refractivity contribution is 6.12. The molecule has 4 rings (SSSR count). The van der Waals surface area contributed by atoms with Crippen LogP contribution in [-0.4, -0.2) is 41.1 Å². The van der Waals surface area contributed by atoms with Gasteiger partial charge in [0.25, 0.3) is 0 Å². The van der Waals surface area contributed by atoms with Crippen molar-refractivity contribution in [3.63, 3.8) is 0 Å². The van der Waals surface area contributed by atoms with Gasteiger partial charge in [0.15, 0.2) is 17.3 Å². The molecule has 0 fully saturated rings. The van der Waals surface area contributed by atoms with Crippen LogP contribution in [0, 0.1) is 12.7 Å². The number of hydrogen-bond acceptors (Lipinski definition) is 5. The molecule has 0 aliphatic rings. The number of aromatic nitrogens is 2. The predicted octanol–water partition coefficient (Wildman–Crippen LogP) is 5.18. The summed E-state index contributed by atoms with van der Waals surface area (Å²) in [6, 6.07) is 11.6. The molecule has 0 unspecified atom stereocenters. The molecule has 7 nitrogen and oxygen atoms in total. The van der Waals surface area contributed by atoms with E-state index in [0.717, 1.165) is 6.07 Å². The number of hydrogen-bond donors (Lipinski definition) is 2. The van der Waals surface area contributed by atoms with Crippen molar-refractivity contribution in [1.82, 2.24) is 9.55 Å². The summed E-state index contributed by atoms with van der Waals surface area (Å²) in [4.78, 5) is 29.2. The maximum absolute atomic E-state index is 14.3. The lowest BCUT2D eigenvalue weighted by Gasteiger charge is -2.13. The van der Waals surface area contributed by atoms with Gasteiger partial charge in [0, 0.05) is 28.9 Å². The fourth-order valence-corrected chi connectivity index (χ4v) is 3.98. The van der Waals surface area contributed by atoms with E-state index in [9.17, 15) is 27.2 Å². The topological polar surface area (TPSA) is 99.2 Å². The summed E-state index contributed by atoms with van der Waals surface area (Å²) in [5.41, 5.74) is 8.02. The number of benzene rings is 3. The zero-order chi connectivity index (χ0) is 26.9. The van der Waals surface area contributed by atoms with Gasteiger partial charge in [-0.25, -0.2) is 9.37 Å². The number of aryl methyl sites for hydroxylation is 1. The molecular weight excluding hydrogens is 492 g/mol. The fourth-order valence-electron chi connectivity index (χ4n) is 3.98. The van der Waals surface area contributed by atoms with Crippen LogP contribution in [0.25, 0.3) is 16.7 Å². The Bertz CT molecular complexity index is 1510. The van der Waals surface area contributed by atoms with E-state index in [2.05, 4.69) is 10.3 Å². The molecule has 192 valence electrons. The minimum absolute atomic E-state index is 0.0330. The molecule has 1 amide bonds. The van der Waals surface area contributed by atoms with Gasteiger partial charge in [0.1, 0.15) is 11.8 Å². The van der Waals surface area contributed by atoms with E-state index in [-0.39, 0.29) is 22.6 Å². The Morgan fingerprint density at radius 3 is 2.46 bits per heavy atom. The summed E-state index contributed by atoms with van der Waals surface area (Å²) in [6.45, 7) is 1.27. The number of nitrogens with zero attached hydrogens (tertiary/aromatic N) is 2. The van der Waals surface area contributed by atoms with Crippen molar-refractivity contribution in [1.29, 1.82) is 0 Å². The largest absolute Gasteiger partial charge is 0.494 e. The molecule has 37 heavy (non-hydrogen) atoms. The third-order valence-corrected chi connectivity index (χ3v) is 5.81. The first-order valence-corrected chi connectivity index (χ1v) is 11.1. The van der Waals surface area contributed by atoms with Crippen LogP contribution in [-0.2, 0) is 0 Å². The van der Waals surface area contributed by atoms with Crippen LogP contribution in [0.15, 0.2) is 54.9 Å². The van der Waals surface area contributed by atoms with E-state index < -0.39 is 36.6 Å². The number of carbonyl (C=O) groups excluding carboxylic acids is 2. The number of amides is 1. The van der Waals surface area contributed by atoms with Gasteiger partial charge in [-0.3, -0.25) is 14.2 Å². The molecule has 0 atom stereocenters. The lowest BCUT2D eigenvalue weighted by molar-refractivity contribution is -0.131. The molecule has 0 spiro atoms. The number of halogens is 4. The van der Waals surface area contributed by atoms with Gasteiger partial charge in [-0.05, 0) is 61.0 Å². The number of ketones is 1. The second kappa shape index (κ2) is 9.92. The summed E-state index contributed by atoms with van der Waals surface area (Å²) in [5, 5.41) is 2.72. The molecule has 0 aliphatic carbocycles. The van der Waals surface area contributed by atoms with Crippen molar-refractivity contribution in [2.24, 2.45) is 5.73 Å². The van der Waals surface area contributed by atoms with Crippen LogP contribution in [0.5, 0.6) is 5.75 Å². The molecule has 1 heterocycles. The monoisotopic (exact) mass is 514 g/mol. The van der Waals surface area contributed by atoms with Crippen LogP contribution >= 0.6 is 0 Å². The molecule has 0 aliphatic heterocycles. The third kappa shape index (κ3) is 5.40. The maximum Gasteiger partial charge on any atom is 0.390 e. The van der Waals surface area contributed by atoms with Gasteiger partial charge in [-0.15, -0.1) is 0 Å². The standard InChI is InChI=1S/C26H22F4N4O3/c1-14-9-17(4-5-18(14)25(31)36)34-13-33-23-20(32-8-7-26(28,29)30)11-16(12-21(23)34)24(35)15-3-6-22(37-2)19(27)10-15/h3-6,9-13,32H,7-8H2,1-2H3,(H2,31,36). The lowest BCUT2D eigenvalue weighted by atomic mass is 10.0. The van der Waals surface area contributed by atoms with Crippen molar-refractivity contribution in [3.8, 4) is 11.4 Å². The van der Waals surface area contributed by atoms with Gasteiger partial charge in [-0.1, -0.05) is 0 Å². The SMILES string of the molecule is COc1ccc(C(=O)c2cc(NCCC(F)(F)F)c3ncn(-c4ccc(C(N)=O)c(C)c4)c3c2)cc1F. The van der Waals surface area contributed by atoms with E-state index in [4.69, 9.17) is 10.5 Å². The molecule has 0 bridgehead atoms. The number of nitrogens with two attached hydrogens (primary N) is 1. The normalized spacial score (nSPS) is 11.5. The van der Waals surface area contributed by atoms with E-state index in [1.165, 1.54) is 37.7 Å². The average molecular weight is 514 g/mol. The summed E-state index contributed by atoms with van der Waals surface area (Å²) in [5.74, 6) is -1.90. The van der Waals surface area contributed by atoms with Crippen LogP contribution in [0.4, 0.5) is 23.2 Å². The fraction of sp³-hybridized carbons (Fsp3) is 0.192. The van der Waals surface area contributed by atoms with Crippen molar-refractivity contribution in [3.05, 3.63) is 82.9 Å². The smallest absolute Gasteiger partial charge is 0.390 e. The molecule has 3 N–H and O–H groups in total. The number of primary amides is 1. The minimum Gasteiger partial charge on any atom is -0.494 e. The Balaban J connectivity index is 1.83. The zero-order valence-electron chi connectivity index (χ0n) is 19.8.